The van der Waals surface area contributed by atoms with E-state index in [0.717, 1.165) is 38.6 Å². The molecule has 3 atom stereocenters. The summed E-state index contributed by atoms with van der Waals surface area (Å²) in [5.41, 5.74) is -1.36. The summed E-state index contributed by atoms with van der Waals surface area (Å²) >= 11 is 0. The Hall–Kier alpha value is -3.18. The molecule has 0 amide bonds. The molecule has 0 radical (unpaired) electrons. The molecule has 5 rings (SSSR count). The van der Waals surface area contributed by atoms with Crippen molar-refractivity contribution in [2.75, 3.05) is 30.5 Å². The van der Waals surface area contributed by atoms with Gasteiger partial charge in [-0.25, -0.2) is 9.37 Å². The molecule has 1 aromatic carbocycles. The second-order valence-electron chi connectivity index (χ2n) is 10.3. The van der Waals surface area contributed by atoms with Gasteiger partial charge in [0.15, 0.2) is 5.82 Å². The van der Waals surface area contributed by atoms with Gasteiger partial charge in [-0.05, 0) is 46.2 Å². The molecule has 8 nitrogen and oxygen atoms in total. The molecule has 2 fully saturated rings. The fourth-order valence-electron chi connectivity index (χ4n) is 5.06. The van der Waals surface area contributed by atoms with Crippen LogP contribution in [0.1, 0.15) is 50.1 Å². The Kier molecular flexibility index (Phi) is 6.18. The van der Waals surface area contributed by atoms with E-state index in [-0.39, 0.29) is 17.7 Å². The van der Waals surface area contributed by atoms with Crippen molar-refractivity contribution in [3.8, 4) is 5.88 Å². The summed E-state index contributed by atoms with van der Waals surface area (Å²) in [6.45, 7) is 6.68. The third kappa shape index (κ3) is 4.23. The van der Waals surface area contributed by atoms with Gasteiger partial charge in [-0.2, -0.15) is 13.9 Å². The average Bonchev–Trinajstić information content (AvgIpc) is 3.48. The summed E-state index contributed by atoms with van der Waals surface area (Å²) in [4.78, 5) is 6.92. The summed E-state index contributed by atoms with van der Waals surface area (Å²) in [7, 11) is 1.56. The van der Waals surface area contributed by atoms with E-state index in [1.54, 1.807) is 21.0 Å². The highest BCUT2D eigenvalue weighted by Crippen LogP contribution is 2.42. The molecule has 0 saturated carbocycles. The monoisotopic (exact) mass is 517 g/mol. The first-order valence-electron chi connectivity index (χ1n) is 12.2. The summed E-state index contributed by atoms with van der Waals surface area (Å²) in [6.07, 6.45) is 1.10. The van der Waals surface area contributed by atoms with E-state index < -0.39 is 28.9 Å². The van der Waals surface area contributed by atoms with E-state index in [2.05, 4.69) is 20.4 Å². The Labute approximate surface area is 212 Å². The maximum Gasteiger partial charge on any atom is 0.303 e. The fraction of sp³-hybridized carbons (Fsp3) is 0.500. The molecule has 3 aromatic rings. The summed E-state index contributed by atoms with van der Waals surface area (Å²) in [6, 6.07) is 5.15. The van der Waals surface area contributed by atoms with Gasteiger partial charge in [0.05, 0.1) is 43.2 Å². The van der Waals surface area contributed by atoms with Crippen LogP contribution < -0.4 is 15.0 Å². The predicted molar refractivity (Wildman–Crippen MR) is 133 cm³/mol. The van der Waals surface area contributed by atoms with Crippen LogP contribution in [-0.2, 0) is 10.7 Å². The van der Waals surface area contributed by atoms with Gasteiger partial charge >= 0.3 is 5.92 Å². The van der Waals surface area contributed by atoms with Crippen LogP contribution in [-0.4, -0.2) is 58.3 Å². The Morgan fingerprint density at radius 1 is 1.27 bits per heavy atom. The minimum atomic E-state index is -3.79. The SMILES string of the molecule is COc1nc2c(C)nnc(N[C@H](C)c3cccc(C(F)(F)C(C)(C)O)c3F)c2cc1N1CC2CC1CO2. The Balaban J connectivity index is 1.54. The lowest BCUT2D eigenvalue weighted by molar-refractivity contribution is -0.170. The molecule has 37 heavy (non-hydrogen) atoms. The highest BCUT2D eigenvalue weighted by Gasteiger charge is 2.49. The molecular formula is C26H30F3N5O3. The van der Waals surface area contributed by atoms with E-state index in [9.17, 15) is 13.9 Å². The van der Waals surface area contributed by atoms with Crippen LogP contribution in [0.5, 0.6) is 5.88 Å². The second kappa shape index (κ2) is 8.98. The molecule has 2 aromatic heterocycles. The molecule has 0 aliphatic carbocycles. The molecule has 2 aliphatic heterocycles. The van der Waals surface area contributed by atoms with Gasteiger partial charge in [0.25, 0.3) is 0 Å². The number of aromatic nitrogens is 3. The number of aliphatic hydroxyl groups is 1. The minimum absolute atomic E-state index is 0.00708. The van der Waals surface area contributed by atoms with Crippen molar-refractivity contribution >= 4 is 22.4 Å². The minimum Gasteiger partial charge on any atom is -0.480 e. The summed E-state index contributed by atoms with van der Waals surface area (Å²) < 4.78 is 56.3. The van der Waals surface area contributed by atoms with E-state index in [1.165, 1.54) is 12.1 Å². The number of hydrogen-bond donors (Lipinski definition) is 2. The summed E-state index contributed by atoms with van der Waals surface area (Å²) in [5, 5.41) is 22.2. The van der Waals surface area contributed by atoms with Crippen molar-refractivity contribution in [2.45, 2.75) is 63.8 Å². The smallest absolute Gasteiger partial charge is 0.303 e. The molecule has 2 N–H and O–H groups in total. The van der Waals surface area contributed by atoms with E-state index in [4.69, 9.17) is 14.5 Å². The number of nitrogens with one attached hydrogen (secondary N) is 1. The van der Waals surface area contributed by atoms with Gasteiger partial charge in [0, 0.05) is 17.5 Å². The molecular weight excluding hydrogens is 487 g/mol. The number of anilines is 2. The lowest BCUT2D eigenvalue weighted by Gasteiger charge is -2.30. The van der Waals surface area contributed by atoms with Crippen LogP contribution in [0.4, 0.5) is 24.7 Å². The van der Waals surface area contributed by atoms with Crippen LogP contribution in [0.2, 0.25) is 0 Å². The third-order valence-corrected chi connectivity index (χ3v) is 7.22. The number of ether oxygens (including phenoxy) is 2. The van der Waals surface area contributed by atoms with Crippen molar-refractivity contribution in [1.29, 1.82) is 0 Å². The number of fused-ring (bicyclic) bond motifs is 3. The molecule has 2 saturated heterocycles. The van der Waals surface area contributed by atoms with Crippen molar-refractivity contribution in [3.05, 3.63) is 46.9 Å². The maximum absolute atomic E-state index is 15.4. The number of aryl methyl sites for hydroxylation is 1. The van der Waals surface area contributed by atoms with Crippen molar-refractivity contribution < 1.29 is 27.8 Å². The van der Waals surface area contributed by atoms with Crippen LogP contribution in [0.25, 0.3) is 10.9 Å². The first-order valence-corrected chi connectivity index (χ1v) is 12.2. The standard InChI is InChI=1S/C26H30F3N5O3/c1-13(17-7-6-8-19(21(17)27)26(28,29)25(3,4)35)30-23-18-10-20(34-11-16-9-15(34)12-37-16)24(36-5)31-22(18)14(2)32-33-23/h6-8,10,13,15-16,35H,9,11-12H2,1-5H3,(H,30,33)/t13-,15?,16?/m1/s1. The normalized spacial score (nSPS) is 20.5. The highest BCUT2D eigenvalue weighted by atomic mass is 19.3. The van der Waals surface area contributed by atoms with Gasteiger partial charge in [0.2, 0.25) is 5.88 Å². The van der Waals surface area contributed by atoms with Gasteiger partial charge in [0.1, 0.15) is 22.6 Å². The van der Waals surface area contributed by atoms with Crippen LogP contribution in [0, 0.1) is 12.7 Å². The number of hydrogen-bond acceptors (Lipinski definition) is 8. The van der Waals surface area contributed by atoms with Crippen LogP contribution >= 0.6 is 0 Å². The summed E-state index contributed by atoms with van der Waals surface area (Å²) in [5.74, 6) is -4.09. The molecule has 11 heteroatoms. The highest BCUT2D eigenvalue weighted by molar-refractivity contribution is 5.94. The van der Waals surface area contributed by atoms with Gasteiger partial charge < -0.3 is 24.8 Å². The van der Waals surface area contributed by atoms with Gasteiger partial charge in [-0.15, -0.1) is 5.10 Å². The topological polar surface area (TPSA) is 92.6 Å². The Bertz CT molecular complexity index is 1350. The van der Waals surface area contributed by atoms with Crippen molar-refractivity contribution in [3.63, 3.8) is 0 Å². The zero-order valence-corrected chi connectivity index (χ0v) is 21.3. The number of nitrogens with zero attached hydrogens (tertiary/aromatic N) is 4. The molecule has 198 valence electrons. The Morgan fingerprint density at radius 2 is 2.03 bits per heavy atom. The van der Waals surface area contributed by atoms with Gasteiger partial charge in [-0.1, -0.05) is 12.1 Å². The molecule has 2 bridgehead atoms. The van der Waals surface area contributed by atoms with E-state index in [0.29, 0.717) is 34.9 Å². The number of benzene rings is 1. The van der Waals surface area contributed by atoms with Crippen LogP contribution in [0.3, 0.4) is 0 Å². The number of morpholine rings is 1. The lowest BCUT2D eigenvalue weighted by Crippen LogP contribution is -2.41. The fourth-order valence-corrected chi connectivity index (χ4v) is 5.06. The number of pyridine rings is 1. The second-order valence-corrected chi connectivity index (χ2v) is 10.3. The number of rotatable bonds is 7. The number of halogens is 3. The maximum atomic E-state index is 15.4. The number of alkyl halides is 2. The average molecular weight is 518 g/mol. The molecule has 2 aliphatic rings. The van der Waals surface area contributed by atoms with Crippen molar-refractivity contribution in [2.24, 2.45) is 0 Å². The lowest BCUT2D eigenvalue weighted by atomic mass is 9.91. The predicted octanol–water partition coefficient (Wildman–Crippen LogP) is 4.49. The van der Waals surface area contributed by atoms with E-state index in [1.807, 2.05) is 6.07 Å². The molecule has 4 heterocycles. The first kappa shape index (κ1) is 25.5. The third-order valence-electron chi connectivity index (χ3n) is 7.22. The van der Waals surface area contributed by atoms with Crippen LogP contribution in [0.15, 0.2) is 24.3 Å². The molecule has 2 unspecified atom stereocenters. The quantitative estimate of drug-likeness (QED) is 0.474. The van der Waals surface area contributed by atoms with Crippen molar-refractivity contribution in [1.82, 2.24) is 15.2 Å². The zero-order chi connectivity index (χ0) is 26.7. The first-order chi connectivity index (χ1) is 17.4. The Morgan fingerprint density at radius 3 is 2.65 bits per heavy atom. The van der Waals surface area contributed by atoms with E-state index >= 15 is 4.39 Å². The zero-order valence-electron chi connectivity index (χ0n) is 21.3. The largest absolute Gasteiger partial charge is 0.480 e. The number of methoxy groups -OCH3 is 1. The van der Waals surface area contributed by atoms with Gasteiger partial charge in [-0.3, -0.25) is 0 Å². The molecule has 0 spiro atoms.